The Kier molecular flexibility index (Phi) is 3.13. The minimum atomic E-state index is -0.0352. The van der Waals surface area contributed by atoms with Crippen molar-refractivity contribution < 1.29 is 4.79 Å². The maximum absolute atomic E-state index is 12.1. The van der Waals surface area contributed by atoms with E-state index in [1.807, 2.05) is 61.5 Å². The summed E-state index contributed by atoms with van der Waals surface area (Å²) in [6.45, 7) is 2.05. The number of hydrogen-bond donors (Lipinski definition) is 1. The third kappa shape index (κ3) is 2.42. The number of carbonyl (C=O) groups is 1. The van der Waals surface area contributed by atoms with Gasteiger partial charge in [0.25, 0.3) is 5.91 Å². The van der Waals surface area contributed by atoms with E-state index >= 15 is 0 Å². The van der Waals surface area contributed by atoms with Crippen molar-refractivity contribution >= 4 is 29.4 Å². The van der Waals surface area contributed by atoms with Gasteiger partial charge in [-0.05, 0) is 36.3 Å². The first-order valence-electron chi connectivity index (χ1n) is 6.09. The zero-order chi connectivity index (χ0) is 13.2. The largest absolute Gasteiger partial charge is 0.320 e. The number of thioether (sulfide) groups is 1. The molecule has 2 aromatic rings. The molecule has 0 saturated heterocycles. The molecule has 1 aliphatic rings. The van der Waals surface area contributed by atoms with Gasteiger partial charge in [-0.3, -0.25) is 4.79 Å². The van der Waals surface area contributed by atoms with Crippen LogP contribution in [0, 0.1) is 6.92 Å². The molecule has 3 heteroatoms. The third-order valence-electron chi connectivity index (χ3n) is 3.05. The molecule has 19 heavy (non-hydrogen) atoms. The number of carbonyl (C=O) groups excluding carboxylic acids is 1. The molecular formula is C16H13NOS. The summed E-state index contributed by atoms with van der Waals surface area (Å²) >= 11 is 1.52. The molecule has 0 saturated carbocycles. The molecular weight excluding hydrogens is 254 g/mol. The first-order valence-corrected chi connectivity index (χ1v) is 6.91. The highest BCUT2D eigenvalue weighted by molar-refractivity contribution is 8.04. The lowest BCUT2D eigenvalue weighted by molar-refractivity contribution is -0.112. The van der Waals surface area contributed by atoms with Gasteiger partial charge in [-0.15, -0.1) is 0 Å². The van der Waals surface area contributed by atoms with E-state index in [1.54, 1.807) is 0 Å². The van der Waals surface area contributed by atoms with Crippen LogP contribution in [0.2, 0.25) is 0 Å². The lowest BCUT2D eigenvalue weighted by Crippen LogP contribution is -2.17. The zero-order valence-corrected chi connectivity index (χ0v) is 11.3. The van der Waals surface area contributed by atoms with Crippen molar-refractivity contribution in [3.8, 4) is 0 Å². The summed E-state index contributed by atoms with van der Waals surface area (Å²) < 4.78 is 0. The topological polar surface area (TPSA) is 29.1 Å². The van der Waals surface area contributed by atoms with Crippen molar-refractivity contribution in [3.05, 3.63) is 64.6 Å². The van der Waals surface area contributed by atoms with Gasteiger partial charge in [0.1, 0.15) is 0 Å². The van der Waals surface area contributed by atoms with Crippen LogP contribution in [0.25, 0.3) is 6.08 Å². The Labute approximate surface area is 116 Å². The SMILES string of the molecule is Cc1ccccc1C=C1Sc2ccccc2NC1=O. The number of para-hydroxylation sites is 1. The van der Waals surface area contributed by atoms with E-state index in [1.165, 1.54) is 17.3 Å². The van der Waals surface area contributed by atoms with Crippen LogP contribution >= 0.6 is 11.8 Å². The van der Waals surface area contributed by atoms with Crippen LogP contribution in [0.15, 0.2) is 58.3 Å². The van der Waals surface area contributed by atoms with Gasteiger partial charge in [0, 0.05) is 4.90 Å². The van der Waals surface area contributed by atoms with Gasteiger partial charge >= 0.3 is 0 Å². The Balaban J connectivity index is 1.99. The van der Waals surface area contributed by atoms with Crippen LogP contribution < -0.4 is 5.32 Å². The molecule has 0 fully saturated rings. The molecule has 0 unspecified atom stereocenters. The van der Waals surface area contributed by atoms with Gasteiger partial charge in [0.05, 0.1) is 10.6 Å². The van der Waals surface area contributed by atoms with Gasteiger partial charge < -0.3 is 5.32 Å². The molecule has 1 heterocycles. The minimum absolute atomic E-state index is 0.0352. The van der Waals surface area contributed by atoms with Gasteiger partial charge in [-0.2, -0.15) is 0 Å². The fourth-order valence-corrected chi connectivity index (χ4v) is 2.93. The van der Waals surface area contributed by atoms with Gasteiger partial charge in [0.2, 0.25) is 0 Å². The van der Waals surface area contributed by atoms with E-state index in [2.05, 4.69) is 5.32 Å². The highest BCUT2D eigenvalue weighted by Gasteiger charge is 2.20. The molecule has 1 N–H and O–H groups in total. The Bertz CT molecular complexity index is 676. The van der Waals surface area contributed by atoms with Gasteiger partial charge in [-0.25, -0.2) is 0 Å². The molecule has 0 radical (unpaired) electrons. The summed E-state index contributed by atoms with van der Waals surface area (Å²) in [6.07, 6.45) is 1.95. The fraction of sp³-hybridized carbons (Fsp3) is 0.0625. The van der Waals surface area contributed by atoms with Crippen LogP contribution in [0.3, 0.4) is 0 Å². The second kappa shape index (κ2) is 4.94. The second-order valence-corrected chi connectivity index (χ2v) is 5.50. The number of nitrogens with one attached hydrogen (secondary N) is 1. The molecule has 2 aromatic carbocycles. The van der Waals surface area contributed by atoms with Crippen molar-refractivity contribution in [1.82, 2.24) is 0 Å². The van der Waals surface area contributed by atoms with Gasteiger partial charge in [-0.1, -0.05) is 48.2 Å². The molecule has 1 amide bonds. The molecule has 1 aliphatic heterocycles. The van der Waals surface area contributed by atoms with E-state index in [9.17, 15) is 4.79 Å². The normalized spacial score (nSPS) is 16.1. The molecule has 2 nitrogen and oxygen atoms in total. The molecule has 94 valence electrons. The Morgan fingerprint density at radius 2 is 1.79 bits per heavy atom. The first kappa shape index (κ1) is 12.1. The van der Waals surface area contributed by atoms with Gasteiger partial charge in [0.15, 0.2) is 0 Å². The predicted molar refractivity (Wildman–Crippen MR) is 80.1 cm³/mol. The Morgan fingerprint density at radius 1 is 1.05 bits per heavy atom. The first-order chi connectivity index (χ1) is 9.24. The minimum Gasteiger partial charge on any atom is -0.320 e. The van der Waals surface area contributed by atoms with E-state index in [-0.39, 0.29) is 5.91 Å². The fourth-order valence-electron chi connectivity index (χ4n) is 1.99. The lowest BCUT2D eigenvalue weighted by atomic mass is 10.1. The van der Waals surface area contributed by atoms with Crippen LogP contribution in [0.5, 0.6) is 0 Å². The summed E-state index contributed by atoms with van der Waals surface area (Å²) in [6, 6.07) is 15.9. The third-order valence-corrected chi connectivity index (χ3v) is 4.15. The summed E-state index contributed by atoms with van der Waals surface area (Å²) in [5.74, 6) is -0.0352. The van der Waals surface area contributed by atoms with E-state index < -0.39 is 0 Å². The van der Waals surface area contributed by atoms with E-state index in [0.717, 1.165) is 21.1 Å². The number of anilines is 1. The number of aryl methyl sites for hydroxylation is 1. The van der Waals surface area contributed by atoms with Crippen molar-refractivity contribution in [1.29, 1.82) is 0 Å². The van der Waals surface area contributed by atoms with E-state index in [4.69, 9.17) is 0 Å². The summed E-state index contributed by atoms with van der Waals surface area (Å²) in [4.78, 5) is 13.9. The highest BCUT2D eigenvalue weighted by Crippen LogP contribution is 2.38. The molecule has 0 spiro atoms. The Hall–Kier alpha value is -2.00. The standard InChI is InChI=1S/C16H13NOS/c1-11-6-2-3-7-12(11)10-15-16(18)17-13-8-4-5-9-14(13)19-15/h2-10H,1H3,(H,17,18). The quantitative estimate of drug-likeness (QED) is 0.789. The number of benzene rings is 2. The summed E-state index contributed by atoms with van der Waals surface area (Å²) in [5.41, 5.74) is 3.14. The second-order valence-electron chi connectivity index (χ2n) is 4.42. The Morgan fingerprint density at radius 3 is 2.63 bits per heavy atom. The maximum atomic E-state index is 12.1. The van der Waals surface area contributed by atoms with Crippen LogP contribution in [0.4, 0.5) is 5.69 Å². The van der Waals surface area contributed by atoms with Crippen molar-refractivity contribution in [2.45, 2.75) is 11.8 Å². The maximum Gasteiger partial charge on any atom is 0.262 e. The van der Waals surface area contributed by atoms with Crippen molar-refractivity contribution in [2.24, 2.45) is 0 Å². The number of fused-ring (bicyclic) bond motifs is 1. The average Bonchev–Trinajstić information content (AvgIpc) is 2.42. The monoisotopic (exact) mass is 267 g/mol. The predicted octanol–water partition coefficient (Wildman–Crippen LogP) is 4.08. The number of rotatable bonds is 1. The summed E-state index contributed by atoms with van der Waals surface area (Å²) in [5, 5.41) is 2.92. The van der Waals surface area contributed by atoms with E-state index in [0.29, 0.717) is 0 Å². The van der Waals surface area contributed by atoms with Crippen molar-refractivity contribution in [2.75, 3.05) is 5.32 Å². The smallest absolute Gasteiger partial charge is 0.262 e. The molecule has 3 rings (SSSR count). The van der Waals surface area contributed by atoms with Crippen LogP contribution in [-0.2, 0) is 4.79 Å². The van der Waals surface area contributed by atoms with Crippen LogP contribution in [0.1, 0.15) is 11.1 Å². The highest BCUT2D eigenvalue weighted by atomic mass is 32.2. The molecule has 0 aliphatic carbocycles. The molecule has 0 aromatic heterocycles. The van der Waals surface area contributed by atoms with Crippen molar-refractivity contribution in [3.63, 3.8) is 0 Å². The average molecular weight is 267 g/mol. The molecule has 0 atom stereocenters. The molecule has 0 bridgehead atoms. The van der Waals surface area contributed by atoms with Crippen LogP contribution in [-0.4, -0.2) is 5.91 Å². The zero-order valence-electron chi connectivity index (χ0n) is 10.5. The number of hydrogen-bond acceptors (Lipinski definition) is 2. The lowest BCUT2D eigenvalue weighted by Gasteiger charge is -2.18. The summed E-state index contributed by atoms with van der Waals surface area (Å²) in [7, 11) is 0. The number of amides is 1.